The van der Waals surface area contributed by atoms with E-state index < -0.39 is 0 Å². The molecule has 76 valence electrons. The van der Waals surface area contributed by atoms with E-state index in [0.29, 0.717) is 6.10 Å². The fourth-order valence-electron chi connectivity index (χ4n) is 1.30. The minimum Gasteiger partial charge on any atom is -0.490 e. The maximum atomic E-state index is 5.79. The molecule has 2 rings (SSSR count). The van der Waals surface area contributed by atoms with Crippen LogP contribution < -0.4 is 4.74 Å². The molecule has 0 unspecified atom stereocenters. The third-order valence-corrected chi connectivity index (χ3v) is 3.34. The van der Waals surface area contributed by atoms with Gasteiger partial charge in [0.15, 0.2) is 0 Å². The van der Waals surface area contributed by atoms with Crippen molar-refractivity contribution in [3.8, 4) is 5.75 Å². The third-order valence-electron chi connectivity index (χ3n) is 2.31. The van der Waals surface area contributed by atoms with Gasteiger partial charge < -0.3 is 4.74 Å². The van der Waals surface area contributed by atoms with E-state index in [2.05, 4.69) is 20.9 Å². The average Bonchev–Trinajstić information content (AvgIpc) is 2.10. The molecule has 0 aromatic carbocycles. The lowest BCUT2D eigenvalue weighted by Gasteiger charge is -2.26. The van der Waals surface area contributed by atoms with E-state index in [1.807, 2.05) is 18.4 Å². The van der Waals surface area contributed by atoms with E-state index in [4.69, 9.17) is 4.74 Å². The van der Waals surface area contributed by atoms with E-state index in [1.165, 1.54) is 19.3 Å². The summed E-state index contributed by atoms with van der Waals surface area (Å²) in [6.07, 6.45) is 6.12. The van der Waals surface area contributed by atoms with Gasteiger partial charge in [0.2, 0.25) is 0 Å². The first-order chi connectivity index (χ1) is 6.78. The fraction of sp³-hybridized carbons (Fsp3) is 0.500. The van der Waals surface area contributed by atoms with Gasteiger partial charge in [-0.05, 0) is 41.4 Å². The first kappa shape index (κ1) is 10.3. The summed E-state index contributed by atoms with van der Waals surface area (Å²) in [6.45, 7) is 0. The van der Waals surface area contributed by atoms with E-state index in [9.17, 15) is 0 Å². The zero-order valence-corrected chi connectivity index (χ0v) is 10.4. The molecule has 0 amide bonds. The molecule has 1 aliphatic carbocycles. The Morgan fingerprint density at radius 3 is 2.86 bits per heavy atom. The molecule has 1 fully saturated rings. The van der Waals surface area contributed by atoms with Gasteiger partial charge in [0.1, 0.15) is 15.4 Å². The van der Waals surface area contributed by atoms with Crippen molar-refractivity contribution in [3.63, 3.8) is 0 Å². The Bertz CT molecular complexity index is 328. The summed E-state index contributed by atoms with van der Waals surface area (Å²) in [5, 5.41) is 0.994. The van der Waals surface area contributed by atoms with Gasteiger partial charge in [-0.1, -0.05) is 0 Å². The maximum Gasteiger partial charge on any atom is 0.125 e. The molecule has 14 heavy (non-hydrogen) atoms. The summed E-state index contributed by atoms with van der Waals surface area (Å²) >= 11 is 5.01. The van der Waals surface area contributed by atoms with Gasteiger partial charge in [-0.25, -0.2) is 4.98 Å². The van der Waals surface area contributed by atoms with Crippen molar-refractivity contribution in [2.24, 2.45) is 0 Å². The molecule has 1 aromatic heterocycles. The number of halogens is 1. The van der Waals surface area contributed by atoms with Crippen molar-refractivity contribution in [3.05, 3.63) is 16.7 Å². The molecule has 2 nitrogen and oxygen atoms in total. The minimum absolute atomic E-state index is 0.430. The summed E-state index contributed by atoms with van der Waals surface area (Å²) in [4.78, 5) is 4.30. The molecule has 0 spiro atoms. The van der Waals surface area contributed by atoms with Gasteiger partial charge in [0.05, 0.1) is 6.10 Å². The normalized spacial score (nSPS) is 16.4. The maximum absolute atomic E-state index is 5.79. The molecule has 0 atom stereocenters. The van der Waals surface area contributed by atoms with Crippen LogP contribution in [0.1, 0.15) is 19.3 Å². The van der Waals surface area contributed by atoms with Gasteiger partial charge in [0, 0.05) is 12.1 Å². The quantitative estimate of drug-likeness (QED) is 0.622. The zero-order chi connectivity index (χ0) is 9.97. The van der Waals surface area contributed by atoms with E-state index in [-0.39, 0.29) is 0 Å². The van der Waals surface area contributed by atoms with Crippen molar-refractivity contribution in [1.29, 1.82) is 0 Å². The van der Waals surface area contributed by atoms with Crippen molar-refractivity contribution in [2.75, 3.05) is 6.26 Å². The number of rotatable bonds is 3. The predicted octanol–water partition coefficient (Wildman–Crippen LogP) is 3.50. The van der Waals surface area contributed by atoms with E-state index in [1.54, 1.807) is 11.8 Å². The highest BCUT2D eigenvalue weighted by Gasteiger charge is 2.19. The van der Waals surface area contributed by atoms with E-state index in [0.717, 1.165) is 15.4 Å². The first-order valence-corrected chi connectivity index (χ1v) is 6.68. The Balaban J connectivity index is 2.11. The molecule has 0 aliphatic heterocycles. The van der Waals surface area contributed by atoms with Crippen LogP contribution in [-0.2, 0) is 0 Å². The predicted molar refractivity (Wildman–Crippen MR) is 62.0 cm³/mol. The van der Waals surface area contributed by atoms with Gasteiger partial charge >= 0.3 is 0 Å². The Hall–Kier alpha value is -0.220. The van der Waals surface area contributed by atoms with Crippen LogP contribution in [0.3, 0.4) is 0 Å². The Morgan fingerprint density at radius 2 is 2.29 bits per heavy atom. The second-order valence-electron chi connectivity index (χ2n) is 3.34. The van der Waals surface area contributed by atoms with Crippen LogP contribution in [0.2, 0.25) is 0 Å². The van der Waals surface area contributed by atoms with Crippen molar-refractivity contribution >= 4 is 27.7 Å². The first-order valence-electron chi connectivity index (χ1n) is 4.66. The zero-order valence-electron chi connectivity index (χ0n) is 8.00. The van der Waals surface area contributed by atoms with Crippen LogP contribution in [0.15, 0.2) is 21.8 Å². The lowest BCUT2D eigenvalue weighted by Crippen LogP contribution is -2.24. The van der Waals surface area contributed by atoms with Gasteiger partial charge in [-0.3, -0.25) is 0 Å². The number of nitrogens with zero attached hydrogens (tertiary/aromatic N) is 1. The molecule has 0 saturated heterocycles. The molecule has 1 heterocycles. The molecule has 1 saturated carbocycles. The van der Waals surface area contributed by atoms with Gasteiger partial charge in [-0.15, -0.1) is 11.8 Å². The largest absolute Gasteiger partial charge is 0.490 e. The van der Waals surface area contributed by atoms with Crippen LogP contribution in [0.5, 0.6) is 5.75 Å². The highest BCUT2D eigenvalue weighted by molar-refractivity contribution is 9.10. The van der Waals surface area contributed by atoms with Crippen molar-refractivity contribution in [1.82, 2.24) is 4.98 Å². The van der Waals surface area contributed by atoms with E-state index >= 15 is 0 Å². The van der Waals surface area contributed by atoms with Crippen molar-refractivity contribution < 1.29 is 4.74 Å². The number of ether oxygens (including phenoxy) is 1. The standard InChI is InChI=1S/C10H12BrNOS/c1-14-10-6-8(5-9(11)12-10)13-7-3-2-4-7/h5-7H,2-4H2,1H3. The highest BCUT2D eigenvalue weighted by atomic mass is 79.9. The lowest BCUT2D eigenvalue weighted by molar-refractivity contribution is 0.120. The summed E-state index contributed by atoms with van der Waals surface area (Å²) < 4.78 is 6.64. The molecule has 1 aromatic rings. The summed E-state index contributed by atoms with van der Waals surface area (Å²) in [7, 11) is 0. The highest BCUT2D eigenvalue weighted by Crippen LogP contribution is 2.28. The number of pyridine rings is 1. The van der Waals surface area contributed by atoms with Crippen LogP contribution in [-0.4, -0.2) is 17.3 Å². The summed E-state index contributed by atoms with van der Waals surface area (Å²) in [5.74, 6) is 0.931. The number of hydrogen-bond donors (Lipinski definition) is 0. The van der Waals surface area contributed by atoms with Crippen LogP contribution in [0, 0.1) is 0 Å². The SMILES string of the molecule is CSc1cc(OC2CCC2)cc(Br)n1. The molecular formula is C10H12BrNOS. The number of hydrogen-bond acceptors (Lipinski definition) is 3. The Labute approximate surface area is 96.6 Å². The van der Waals surface area contributed by atoms with Crippen LogP contribution >= 0.6 is 27.7 Å². The van der Waals surface area contributed by atoms with Gasteiger partial charge in [0.25, 0.3) is 0 Å². The summed E-state index contributed by atoms with van der Waals surface area (Å²) in [6, 6.07) is 3.92. The summed E-state index contributed by atoms with van der Waals surface area (Å²) in [5.41, 5.74) is 0. The molecule has 0 bridgehead atoms. The van der Waals surface area contributed by atoms with Crippen LogP contribution in [0.4, 0.5) is 0 Å². The minimum atomic E-state index is 0.430. The number of thioether (sulfide) groups is 1. The van der Waals surface area contributed by atoms with Crippen LogP contribution in [0.25, 0.3) is 0 Å². The number of aromatic nitrogens is 1. The average molecular weight is 274 g/mol. The smallest absolute Gasteiger partial charge is 0.125 e. The molecular weight excluding hydrogens is 262 g/mol. The topological polar surface area (TPSA) is 22.1 Å². The fourth-order valence-corrected chi connectivity index (χ4v) is 2.26. The third kappa shape index (κ3) is 2.42. The van der Waals surface area contributed by atoms with Gasteiger partial charge in [-0.2, -0.15) is 0 Å². The van der Waals surface area contributed by atoms with Crippen molar-refractivity contribution in [2.45, 2.75) is 30.4 Å². The second-order valence-corrected chi connectivity index (χ2v) is 4.98. The Morgan fingerprint density at radius 1 is 1.50 bits per heavy atom. The molecule has 1 aliphatic rings. The second kappa shape index (κ2) is 4.53. The lowest BCUT2D eigenvalue weighted by atomic mass is 9.96. The Kier molecular flexibility index (Phi) is 3.34. The molecule has 0 N–H and O–H groups in total. The molecule has 0 radical (unpaired) electrons. The monoisotopic (exact) mass is 273 g/mol. The molecule has 4 heteroatoms.